The Labute approximate surface area is 142 Å². The zero-order chi connectivity index (χ0) is 17.1. The first-order valence-electron chi connectivity index (χ1n) is 8.38. The van der Waals surface area contributed by atoms with Crippen LogP contribution in [0.25, 0.3) is 0 Å². The molecule has 6 nitrogen and oxygen atoms in total. The number of aromatic nitrogens is 3. The Morgan fingerprint density at radius 3 is 3.00 bits per heavy atom. The highest BCUT2D eigenvalue weighted by atomic mass is 16.2. The summed E-state index contributed by atoms with van der Waals surface area (Å²) >= 11 is 0. The number of amides is 1. The molecule has 0 radical (unpaired) electrons. The largest absolute Gasteiger partial charge is 0.383 e. The molecular weight excluding hydrogens is 302 g/mol. The van der Waals surface area contributed by atoms with Gasteiger partial charge in [0.1, 0.15) is 17.7 Å². The topological polar surface area (TPSA) is 85.0 Å². The molecular formula is C18H23N5O. The van der Waals surface area contributed by atoms with E-state index in [1.165, 1.54) is 18.1 Å². The maximum Gasteiger partial charge on any atom is 0.259 e. The minimum atomic E-state index is -0.120. The molecule has 0 unspecified atom stereocenters. The van der Waals surface area contributed by atoms with Gasteiger partial charge in [0.15, 0.2) is 0 Å². The second-order valence-electron chi connectivity index (χ2n) is 6.63. The summed E-state index contributed by atoms with van der Waals surface area (Å²) in [5, 5.41) is 0. The van der Waals surface area contributed by atoms with Crippen molar-refractivity contribution in [3.63, 3.8) is 0 Å². The molecule has 2 aromatic rings. The molecule has 1 aliphatic carbocycles. The highest BCUT2D eigenvalue weighted by molar-refractivity contribution is 5.98. The average molecular weight is 325 g/mol. The van der Waals surface area contributed by atoms with Crippen LogP contribution in [-0.4, -0.2) is 32.3 Å². The summed E-state index contributed by atoms with van der Waals surface area (Å²) in [7, 11) is 0. The number of carbonyl (C=O) groups is 1. The zero-order valence-electron chi connectivity index (χ0n) is 14.1. The molecule has 0 saturated carbocycles. The van der Waals surface area contributed by atoms with Gasteiger partial charge >= 0.3 is 0 Å². The van der Waals surface area contributed by atoms with Gasteiger partial charge in [0, 0.05) is 18.9 Å². The average Bonchev–Trinajstić information content (AvgIpc) is 2.59. The van der Waals surface area contributed by atoms with Crippen LogP contribution in [-0.2, 0) is 6.42 Å². The number of nitrogens with two attached hydrogens (primary N) is 1. The number of carbonyl (C=O) groups excluding carboxylic acids is 1. The third-order valence-corrected chi connectivity index (χ3v) is 4.34. The van der Waals surface area contributed by atoms with Gasteiger partial charge in [-0.1, -0.05) is 19.9 Å². The summed E-state index contributed by atoms with van der Waals surface area (Å²) in [4.78, 5) is 27.5. The molecule has 0 bridgehead atoms. The van der Waals surface area contributed by atoms with Gasteiger partial charge in [-0.2, -0.15) is 0 Å². The highest BCUT2D eigenvalue weighted by Crippen LogP contribution is 2.34. The van der Waals surface area contributed by atoms with Gasteiger partial charge in [0.05, 0.1) is 11.7 Å². The van der Waals surface area contributed by atoms with Crippen LogP contribution in [0.3, 0.4) is 0 Å². The minimum absolute atomic E-state index is 0.0237. The van der Waals surface area contributed by atoms with Gasteiger partial charge in [-0.25, -0.2) is 9.97 Å². The number of fused-ring (bicyclic) bond motifs is 1. The van der Waals surface area contributed by atoms with Crippen LogP contribution in [0.4, 0.5) is 5.82 Å². The van der Waals surface area contributed by atoms with Crippen LogP contribution in [0.15, 0.2) is 30.9 Å². The normalized spacial score (nSPS) is 16.7. The third kappa shape index (κ3) is 3.22. The lowest BCUT2D eigenvalue weighted by Crippen LogP contribution is -2.40. The van der Waals surface area contributed by atoms with E-state index in [4.69, 9.17) is 5.73 Å². The van der Waals surface area contributed by atoms with Crippen LogP contribution in [0.1, 0.15) is 54.3 Å². The molecule has 1 aliphatic rings. The first kappa shape index (κ1) is 16.4. The predicted molar refractivity (Wildman–Crippen MR) is 92.2 cm³/mol. The molecule has 6 heteroatoms. The second kappa shape index (κ2) is 6.95. The van der Waals surface area contributed by atoms with Crippen molar-refractivity contribution in [3.05, 3.63) is 47.7 Å². The fraction of sp³-hybridized carbons (Fsp3) is 0.444. The number of anilines is 1. The Hall–Kier alpha value is -2.50. The Kier molecular flexibility index (Phi) is 4.74. The van der Waals surface area contributed by atoms with E-state index in [-0.39, 0.29) is 17.8 Å². The number of hydrogen-bond acceptors (Lipinski definition) is 5. The quantitative estimate of drug-likeness (QED) is 0.934. The Balaban J connectivity index is 1.99. The van der Waals surface area contributed by atoms with Crippen LogP contribution < -0.4 is 5.73 Å². The lowest BCUT2D eigenvalue weighted by Gasteiger charge is -2.36. The second-order valence-corrected chi connectivity index (χ2v) is 6.63. The van der Waals surface area contributed by atoms with Gasteiger partial charge in [-0.3, -0.25) is 9.78 Å². The lowest BCUT2D eigenvalue weighted by molar-refractivity contribution is 0.0623. The molecule has 2 N–H and O–H groups in total. The van der Waals surface area contributed by atoms with Gasteiger partial charge in [0.25, 0.3) is 5.91 Å². The van der Waals surface area contributed by atoms with E-state index in [0.29, 0.717) is 18.0 Å². The predicted octanol–water partition coefficient (Wildman–Crippen LogP) is 2.63. The molecule has 0 saturated heterocycles. The van der Waals surface area contributed by atoms with E-state index in [9.17, 15) is 4.79 Å². The summed E-state index contributed by atoms with van der Waals surface area (Å²) < 4.78 is 0. The van der Waals surface area contributed by atoms with Gasteiger partial charge in [0.2, 0.25) is 0 Å². The van der Waals surface area contributed by atoms with Crippen molar-refractivity contribution in [1.29, 1.82) is 0 Å². The molecule has 2 aromatic heterocycles. The fourth-order valence-electron chi connectivity index (χ4n) is 3.29. The van der Waals surface area contributed by atoms with Crippen LogP contribution in [0, 0.1) is 5.92 Å². The minimum Gasteiger partial charge on any atom is -0.383 e. The number of aryl methyl sites for hydroxylation is 1. The number of rotatable bonds is 4. The Morgan fingerprint density at radius 1 is 1.42 bits per heavy atom. The van der Waals surface area contributed by atoms with E-state index in [0.717, 1.165) is 25.0 Å². The molecule has 1 atom stereocenters. The molecule has 24 heavy (non-hydrogen) atoms. The molecule has 2 heterocycles. The van der Waals surface area contributed by atoms with E-state index in [2.05, 4.69) is 34.9 Å². The first-order valence-corrected chi connectivity index (χ1v) is 8.38. The van der Waals surface area contributed by atoms with E-state index >= 15 is 0 Å². The number of nitrogens with zero attached hydrogens (tertiary/aromatic N) is 4. The fourth-order valence-corrected chi connectivity index (χ4v) is 3.29. The van der Waals surface area contributed by atoms with Gasteiger partial charge in [-0.15, -0.1) is 0 Å². The molecule has 126 valence electrons. The summed E-state index contributed by atoms with van der Waals surface area (Å²) in [5.41, 5.74) is 8.50. The zero-order valence-corrected chi connectivity index (χ0v) is 14.1. The Bertz CT molecular complexity index is 731. The molecule has 1 amide bonds. The monoisotopic (exact) mass is 325 g/mol. The van der Waals surface area contributed by atoms with Gasteiger partial charge < -0.3 is 10.6 Å². The standard InChI is InChI=1S/C18H23N5O/c1-12(2)10-23(18(24)14-9-20-11-22-17(14)19)15-7-3-5-13-6-4-8-21-16(13)15/h4,6,8-9,11-12,15H,3,5,7,10H2,1-2H3,(H2,19,20,22)/t15-/m0/s1. The number of nitrogen functional groups attached to an aromatic ring is 1. The van der Waals surface area contributed by atoms with E-state index < -0.39 is 0 Å². The van der Waals surface area contributed by atoms with E-state index in [1.807, 2.05) is 11.0 Å². The SMILES string of the molecule is CC(C)CN(C(=O)c1cncnc1N)[C@H]1CCCc2cccnc21. The van der Waals surface area contributed by atoms with Crippen molar-refractivity contribution < 1.29 is 4.79 Å². The lowest BCUT2D eigenvalue weighted by atomic mass is 9.90. The van der Waals surface area contributed by atoms with E-state index in [1.54, 1.807) is 6.20 Å². The van der Waals surface area contributed by atoms with Crippen LogP contribution in [0.2, 0.25) is 0 Å². The van der Waals surface area contributed by atoms with Crippen molar-refractivity contribution >= 4 is 11.7 Å². The summed E-state index contributed by atoms with van der Waals surface area (Å²) in [6.45, 7) is 4.86. The Morgan fingerprint density at radius 2 is 2.25 bits per heavy atom. The van der Waals surface area contributed by atoms with Crippen molar-refractivity contribution in [1.82, 2.24) is 19.9 Å². The first-order chi connectivity index (χ1) is 11.6. The highest BCUT2D eigenvalue weighted by Gasteiger charge is 2.32. The molecule has 0 aliphatic heterocycles. The van der Waals surface area contributed by atoms with Gasteiger partial charge in [-0.05, 0) is 36.8 Å². The van der Waals surface area contributed by atoms with Crippen LogP contribution >= 0.6 is 0 Å². The molecule has 0 spiro atoms. The van der Waals surface area contributed by atoms with Crippen molar-refractivity contribution in [2.45, 2.75) is 39.2 Å². The summed E-state index contributed by atoms with van der Waals surface area (Å²) in [6.07, 6.45) is 7.63. The van der Waals surface area contributed by atoms with Crippen molar-refractivity contribution in [3.8, 4) is 0 Å². The number of hydrogen-bond donors (Lipinski definition) is 1. The molecule has 0 aromatic carbocycles. The number of pyridine rings is 1. The van der Waals surface area contributed by atoms with Crippen molar-refractivity contribution in [2.75, 3.05) is 12.3 Å². The van der Waals surface area contributed by atoms with Crippen molar-refractivity contribution in [2.24, 2.45) is 5.92 Å². The maximum atomic E-state index is 13.1. The summed E-state index contributed by atoms with van der Waals surface area (Å²) in [6, 6.07) is 4.04. The summed E-state index contributed by atoms with van der Waals surface area (Å²) in [5.74, 6) is 0.444. The smallest absolute Gasteiger partial charge is 0.259 e. The molecule has 0 fully saturated rings. The van der Waals surface area contributed by atoms with Crippen LogP contribution in [0.5, 0.6) is 0 Å². The third-order valence-electron chi connectivity index (χ3n) is 4.34. The molecule has 3 rings (SSSR count). The maximum absolute atomic E-state index is 13.1.